The van der Waals surface area contributed by atoms with Gasteiger partial charge in [0, 0.05) is 23.9 Å². The van der Waals surface area contributed by atoms with Crippen molar-refractivity contribution in [3.63, 3.8) is 0 Å². The summed E-state index contributed by atoms with van der Waals surface area (Å²) in [5, 5.41) is 0. The fourth-order valence-corrected chi connectivity index (χ4v) is 3.68. The van der Waals surface area contributed by atoms with Crippen LogP contribution < -0.4 is 9.64 Å². The van der Waals surface area contributed by atoms with Gasteiger partial charge in [0.1, 0.15) is 5.75 Å². The van der Waals surface area contributed by atoms with Crippen molar-refractivity contribution in [1.29, 1.82) is 0 Å². The summed E-state index contributed by atoms with van der Waals surface area (Å²) in [4.78, 5) is 15.2. The molecule has 0 saturated heterocycles. The Morgan fingerprint density at radius 2 is 1.61 bits per heavy atom. The first-order chi connectivity index (χ1) is 13.6. The summed E-state index contributed by atoms with van der Waals surface area (Å²) >= 11 is 0. The Hall–Kier alpha value is -3.51. The summed E-state index contributed by atoms with van der Waals surface area (Å²) in [5.74, 6) is 7.32. The molecule has 1 amide bonds. The average molecular weight is 367 g/mol. The molecule has 0 radical (unpaired) electrons. The highest BCUT2D eigenvalue weighted by atomic mass is 16.5. The van der Waals surface area contributed by atoms with Gasteiger partial charge in [-0.1, -0.05) is 59.9 Å². The zero-order valence-electron chi connectivity index (χ0n) is 16.2. The van der Waals surface area contributed by atoms with E-state index in [4.69, 9.17) is 4.74 Å². The maximum Gasteiger partial charge on any atom is 0.254 e. The van der Waals surface area contributed by atoms with E-state index in [1.165, 1.54) is 0 Å². The van der Waals surface area contributed by atoms with Gasteiger partial charge in [0.15, 0.2) is 5.41 Å². The molecule has 3 heteroatoms. The number of aryl methyl sites for hydroxylation is 1. The lowest BCUT2D eigenvalue weighted by Gasteiger charge is -2.23. The largest absolute Gasteiger partial charge is 0.497 e. The summed E-state index contributed by atoms with van der Waals surface area (Å²) in [5.41, 5.74) is 3.69. The van der Waals surface area contributed by atoms with Crippen molar-refractivity contribution in [2.75, 3.05) is 19.1 Å². The van der Waals surface area contributed by atoms with Gasteiger partial charge in [-0.2, -0.15) is 0 Å². The van der Waals surface area contributed by atoms with Crippen LogP contribution in [0.25, 0.3) is 0 Å². The van der Waals surface area contributed by atoms with E-state index in [-0.39, 0.29) is 5.91 Å². The van der Waals surface area contributed by atoms with Gasteiger partial charge >= 0.3 is 0 Å². The van der Waals surface area contributed by atoms with Crippen LogP contribution in [0.5, 0.6) is 5.75 Å². The topological polar surface area (TPSA) is 29.5 Å². The first kappa shape index (κ1) is 17.9. The Bertz CT molecular complexity index is 1090. The van der Waals surface area contributed by atoms with Gasteiger partial charge in [-0.25, -0.2) is 0 Å². The molecule has 0 aliphatic carbocycles. The van der Waals surface area contributed by atoms with Gasteiger partial charge in [0.25, 0.3) is 5.91 Å². The highest BCUT2D eigenvalue weighted by molar-refractivity contribution is 6.12. The molecule has 3 aromatic carbocycles. The van der Waals surface area contributed by atoms with E-state index >= 15 is 0 Å². The molecule has 138 valence electrons. The quantitative estimate of drug-likeness (QED) is 0.632. The molecule has 1 aliphatic rings. The van der Waals surface area contributed by atoms with Crippen molar-refractivity contribution in [2.24, 2.45) is 0 Å². The standard InChI is InChI=1S/C25H21NO2/c1-18-8-12-20(13-9-18)25(17-16-19-10-14-21(28-3)15-11-19)22-6-4-5-7-23(22)26(2)24(25)27/h4-15H,1-3H3. The van der Waals surface area contributed by atoms with Crippen LogP contribution in [0.15, 0.2) is 72.8 Å². The minimum absolute atomic E-state index is 0.0291. The molecule has 0 N–H and O–H groups in total. The Kier molecular flexibility index (Phi) is 4.41. The summed E-state index contributed by atoms with van der Waals surface area (Å²) in [7, 11) is 3.45. The van der Waals surface area contributed by atoms with Gasteiger partial charge < -0.3 is 9.64 Å². The summed E-state index contributed by atoms with van der Waals surface area (Å²) in [6.07, 6.45) is 0. The number of rotatable bonds is 2. The lowest BCUT2D eigenvalue weighted by molar-refractivity contribution is -0.120. The van der Waals surface area contributed by atoms with Crippen molar-refractivity contribution >= 4 is 11.6 Å². The monoisotopic (exact) mass is 367 g/mol. The molecule has 0 spiro atoms. The number of methoxy groups -OCH3 is 1. The third kappa shape index (κ3) is 2.75. The van der Waals surface area contributed by atoms with E-state index in [9.17, 15) is 4.79 Å². The number of hydrogen-bond donors (Lipinski definition) is 0. The molecule has 0 aromatic heterocycles. The van der Waals surface area contributed by atoms with Crippen LogP contribution in [-0.2, 0) is 10.2 Å². The number of ether oxygens (including phenoxy) is 1. The van der Waals surface area contributed by atoms with Crippen LogP contribution in [0.3, 0.4) is 0 Å². The number of likely N-dealkylation sites (N-methyl/N-ethyl adjacent to an activating group) is 1. The Morgan fingerprint density at radius 3 is 2.29 bits per heavy atom. The number of para-hydroxylation sites is 1. The number of carbonyl (C=O) groups is 1. The first-order valence-corrected chi connectivity index (χ1v) is 9.18. The third-order valence-electron chi connectivity index (χ3n) is 5.26. The molecule has 3 aromatic rings. The third-order valence-corrected chi connectivity index (χ3v) is 5.26. The van der Waals surface area contributed by atoms with Crippen LogP contribution >= 0.6 is 0 Å². The van der Waals surface area contributed by atoms with Crippen molar-refractivity contribution in [3.05, 3.63) is 95.1 Å². The average Bonchev–Trinajstić information content (AvgIpc) is 2.96. The smallest absolute Gasteiger partial charge is 0.254 e. The van der Waals surface area contributed by atoms with Crippen molar-refractivity contribution in [2.45, 2.75) is 12.3 Å². The minimum Gasteiger partial charge on any atom is -0.497 e. The predicted molar refractivity (Wildman–Crippen MR) is 112 cm³/mol. The molecule has 4 rings (SSSR count). The van der Waals surface area contributed by atoms with E-state index < -0.39 is 5.41 Å². The number of benzene rings is 3. The van der Waals surface area contributed by atoms with Crippen molar-refractivity contribution in [3.8, 4) is 17.6 Å². The van der Waals surface area contributed by atoms with Crippen LogP contribution in [-0.4, -0.2) is 20.1 Å². The fraction of sp³-hybridized carbons (Fsp3) is 0.160. The van der Waals surface area contributed by atoms with Gasteiger partial charge in [-0.05, 0) is 42.8 Å². The molecule has 0 fully saturated rings. The molecule has 1 aliphatic heterocycles. The Morgan fingerprint density at radius 1 is 0.929 bits per heavy atom. The lowest BCUT2D eigenvalue weighted by Crippen LogP contribution is -2.38. The molecule has 28 heavy (non-hydrogen) atoms. The van der Waals surface area contributed by atoms with E-state index in [0.29, 0.717) is 0 Å². The van der Waals surface area contributed by atoms with E-state index in [1.807, 2.05) is 86.8 Å². The molecular formula is C25H21NO2. The second kappa shape index (κ2) is 6.90. The van der Waals surface area contributed by atoms with Crippen LogP contribution in [0.4, 0.5) is 5.69 Å². The maximum absolute atomic E-state index is 13.5. The number of fused-ring (bicyclic) bond motifs is 1. The second-order valence-corrected chi connectivity index (χ2v) is 6.98. The number of amides is 1. The number of anilines is 1. The summed E-state index contributed by atoms with van der Waals surface area (Å²) in [6, 6.07) is 23.5. The summed E-state index contributed by atoms with van der Waals surface area (Å²) < 4.78 is 5.22. The van der Waals surface area contributed by atoms with Crippen LogP contribution in [0.1, 0.15) is 22.3 Å². The molecule has 1 atom stereocenters. The van der Waals surface area contributed by atoms with E-state index in [1.54, 1.807) is 12.0 Å². The van der Waals surface area contributed by atoms with Crippen LogP contribution in [0, 0.1) is 18.8 Å². The highest BCUT2D eigenvalue weighted by Gasteiger charge is 2.50. The first-order valence-electron chi connectivity index (χ1n) is 9.18. The summed E-state index contributed by atoms with van der Waals surface area (Å²) in [6.45, 7) is 2.04. The van der Waals surface area contributed by atoms with Crippen molar-refractivity contribution < 1.29 is 9.53 Å². The maximum atomic E-state index is 13.5. The Balaban J connectivity index is 1.92. The molecule has 1 heterocycles. The number of hydrogen-bond acceptors (Lipinski definition) is 2. The normalized spacial score (nSPS) is 17.7. The lowest BCUT2D eigenvalue weighted by atomic mass is 9.75. The number of nitrogens with zero attached hydrogens (tertiary/aromatic N) is 1. The van der Waals surface area contributed by atoms with Gasteiger partial charge in [0.2, 0.25) is 0 Å². The second-order valence-electron chi connectivity index (χ2n) is 6.98. The van der Waals surface area contributed by atoms with Gasteiger partial charge in [-0.3, -0.25) is 4.79 Å². The highest BCUT2D eigenvalue weighted by Crippen LogP contribution is 2.45. The Labute approximate surface area is 165 Å². The predicted octanol–water partition coefficient (Wildman–Crippen LogP) is 4.32. The fourth-order valence-electron chi connectivity index (χ4n) is 3.68. The van der Waals surface area contributed by atoms with Crippen molar-refractivity contribution in [1.82, 2.24) is 0 Å². The molecular weight excluding hydrogens is 346 g/mol. The molecule has 3 nitrogen and oxygen atoms in total. The van der Waals surface area contributed by atoms with E-state index in [0.717, 1.165) is 33.7 Å². The molecule has 0 bridgehead atoms. The van der Waals surface area contributed by atoms with Crippen LogP contribution in [0.2, 0.25) is 0 Å². The van der Waals surface area contributed by atoms with Gasteiger partial charge in [0.05, 0.1) is 7.11 Å². The zero-order chi connectivity index (χ0) is 19.7. The molecule has 1 unspecified atom stereocenters. The van der Waals surface area contributed by atoms with E-state index in [2.05, 4.69) is 11.8 Å². The molecule has 0 saturated carbocycles. The SMILES string of the molecule is COc1ccc(C#CC2(c3ccc(C)cc3)C(=O)N(C)c3ccccc32)cc1. The minimum atomic E-state index is -1.01. The zero-order valence-corrected chi connectivity index (χ0v) is 16.2. The number of carbonyl (C=O) groups excluding carboxylic acids is 1. The van der Waals surface area contributed by atoms with Gasteiger partial charge in [-0.15, -0.1) is 0 Å².